The average molecular weight is 564 g/mol. The average Bonchev–Trinajstić information content (AvgIpc) is 2.84. The molecule has 0 saturated carbocycles. The molecule has 2 aliphatic heterocycles. The molecule has 10 heteroatoms. The van der Waals surface area contributed by atoms with Gasteiger partial charge in [0, 0.05) is 37.3 Å². The topological polar surface area (TPSA) is 66.4 Å². The first kappa shape index (κ1) is 25.3. The zero-order valence-electron chi connectivity index (χ0n) is 19.3. The van der Waals surface area contributed by atoms with Gasteiger partial charge in [0.25, 0.3) is 5.56 Å². The molecule has 3 atom stereocenters. The molecular weight excluding hydrogens is 539 g/mol. The Hall–Kier alpha value is -2.32. The number of amides is 1. The third kappa shape index (κ3) is 5.35. The Morgan fingerprint density at radius 3 is 2.56 bits per heavy atom. The number of fused-ring (bicyclic) bond motifs is 5. The number of halogens is 3. The number of carbonyl (C=O) groups is 1. The monoisotopic (exact) mass is 562 g/mol. The molecule has 6 nitrogen and oxygen atoms in total. The predicted molar refractivity (Wildman–Crippen MR) is 149 cm³/mol. The summed E-state index contributed by atoms with van der Waals surface area (Å²) < 4.78 is 0.0360. The summed E-state index contributed by atoms with van der Waals surface area (Å²) in [4.78, 5) is 27.3. The maximum absolute atomic E-state index is 13.0. The highest BCUT2D eigenvalue weighted by molar-refractivity contribution is 7.80. The maximum atomic E-state index is 13.0. The number of pyridine rings is 1. The summed E-state index contributed by atoms with van der Waals surface area (Å²) in [6.07, 6.45) is 0.110. The number of nitrogens with one attached hydrogen (secondary N) is 2. The van der Waals surface area contributed by atoms with Crippen LogP contribution in [0.15, 0.2) is 65.5 Å². The molecule has 2 aromatic carbocycles. The van der Waals surface area contributed by atoms with Crippen LogP contribution >= 0.6 is 47.0 Å². The second-order valence-electron chi connectivity index (χ2n) is 9.41. The first-order valence-electron chi connectivity index (χ1n) is 11.8. The van der Waals surface area contributed by atoms with Gasteiger partial charge in [-0.25, -0.2) is 0 Å². The molecule has 3 heterocycles. The van der Waals surface area contributed by atoms with Crippen molar-refractivity contribution in [3.05, 3.63) is 82.3 Å². The van der Waals surface area contributed by atoms with E-state index in [0.29, 0.717) is 24.7 Å². The Bertz CT molecular complexity index is 1370. The minimum Gasteiger partial charge on any atom is -0.348 e. The number of carbonyl (C=O) groups excluding carboxylic acids is 1. The van der Waals surface area contributed by atoms with Crippen LogP contribution in [0, 0.1) is 5.92 Å². The third-order valence-corrected chi connectivity index (χ3v) is 7.93. The SMILES string of the molecule is O=C(Cc1cccc2ccccc12)NC(NC(=S)N1C[C@H]2C[C@H](C1)c1cccc(=O)n1C2)C(Cl)(Cl)Cl. The fourth-order valence-corrected chi connectivity index (χ4v) is 5.90. The van der Waals surface area contributed by atoms with Gasteiger partial charge in [0.2, 0.25) is 9.70 Å². The number of alkyl halides is 3. The molecule has 2 aliphatic rings. The molecule has 1 unspecified atom stereocenters. The lowest BCUT2D eigenvalue weighted by molar-refractivity contribution is -0.121. The van der Waals surface area contributed by atoms with E-state index in [1.165, 1.54) is 0 Å². The van der Waals surface area contributed by atoms with Crippen LogP contribution in [0.25, 0.3) is 10.8 Å². The van der Waals surface area contributed by atoms with Crippen molar-refractivity contribution < 1.29 is 4.79 Å². The van der Waals surface area contributed by atoms with Gasteiger partial charge >= 0.3 is 0 Å². The van der Waals surface area contributed by atoms with Crippen LogP contribution in [-0.2, 0) is 17.8 Å². The number of aromatic nitrogens is 1. The van der Waals surface area contributed by atoms with Gasteiger partial charge in [-0.05, 0) is 47.0 Å². The zero-order valence-corrected chi connectivity index (χ0v) is 22.4. The van der Waals surface area contributed by atoms with Gasteiger partial charge in [-0.15, -0.1) is 0 Å². The summed E-state index contributed by atoms with van der Waals surface area (Å²) in [5.74, 6) is 0.170. The molecule has 1 aromatic heterocycles. The lowest BCUT2D eigenvalue weighted by atomic mass is 9.83. The Morgan fingerprint density at radius 1 is 1.00 bits per heavy atom. The van der Waals surface area contributed by atoms with Crippen LogP contribution in [0.5, 0.6) is 0 Å². The van der Waals surface area contributed by atoms with E-state index in [4.69, 9.17) is 47.0 Å². The number of hydrogen-bond acceptors (Lipinski definition) is 3. The van der Waals surface area contributed by atoms with E-state index in [1.807, 2.05) is 58.0 Å². The molecule has 0 spiro atoms. The van der Waals surface area contributed by atoms with E-state index < -0.39 is 9.96 Å². The summed E-state index contributed by atoms with van der Waals surface area (Å²) in [6.45, 7) is 1.97. The second-order valence-corrected chi connectivity index (χ2v) is 12.2. The number of likely N-dealkylation sites (tertiary alicyclic amines) is 1. The predicted octanol–water partition coefficient (Wildman–Crippen LogP) is 4.35. The number of rotatable bonds is 4. The van der Waals surface area contributed by atoms with Gasteiger partial charge in [0.1, 0.15) is 6.17 Å². The van der Waals surface area contributed by atoms with Crippen LogP contribution in [0.1, 0.15) is 23.6 Å². The van der Waals surface area contributed by atoms with Crippen molar-refractivity contribution >= 4 is 68.8 Å². The molecule has 36 heavy (non-hydrogen) atoms. The van der Waals surface area contributed by atoms with Crippen molar-refractivity contribution in [2.75, 3.05) is 13.1 Å². The normalized spacial score (nSPS) is 19.9. The smallest absolute Gasteiger partial charge is 0.250 e. The van der Waals surface area contributed by atoms with Crippen LogP contribution in [0.2, 0.25) is 0 Å². The first-order valence-corrected chi connectivity index (χ1v) is 13.3. The van der Waals surface area contributed by atoms with E-state index in [-0.39, 0.29) is 29.7 Å². The van der Waals surface area contributed by atoms with Crippen molar-refractivity contribution in [2.24, 2.45) is 5.92 Å². The lowest BCUT2D eigenvalue weighted by Crippen LogP contribution is -2.60. The molecule has 2 N–H and O–H groups in total. The molecule has 5 rings (SSSR count). The first-order chi connectivity index (χ1) is 17.2. The maximum Gasteiger partial charge on any atom is 0.250 e. The Balaban J connectivity index is 1.27. The largest absolute Gasteiger partial charge is 0.348 e. The van der Waals surface area contributed by atoms with E-state index in [9.17, 15) is 9.59 Å². The second kappa shape index (κ2) is 10.2. The number of piperidine rings is 1. The van der Waals surface area contributed by atoms with E-state index >= 15 is 0 Å². The molecule has 2 bridgehead atoms. The quantitative estimate of drug-likeness (QED) is 0.281. The van der Waals surface area contributed by atoms with Crippen LogP contribution in [0.3, 0.4) is 0 Å². The molecule has 188 valence electrons. The van der Waals surface area contributed by atoms with Gasteiger partial charge in [-0.1, -0.05) is 83.3 Å². The molecule has 1 fully saturated rings. The lowest BCUT2D eigenvalue weighted by Gasteiger charge is -2.44. The standard InChI is InChI=1S/C26H25Cl3N4O2S/c27-26(28,29)24(30-22(34)12-18-7-3-6-17-5-1-2-8-20(17)18)31-25(36)32-13-16-11-19(15-32)21-9-4-10-23(35)33(21)14-16/h1-10,16,19,24H,11-15H2,(H,30,34)(H,31,36)/t16-,19-,24?/m1/s1. The van der Waals surface area contributed by atoms with Gasteiger partial charge in [0.05, 0.1) is 6.42 Å². The molecule has 3 aromatic rings. The van der Waals surface area contributed by atoms with Crippen molar-refractivity contribution in [2.45, 2.75) is 35.3 Å². The van der Waals surface area contributed by atoms with Crippen molar-refractivity contribution in [3.63, 3.8) is 0 Å². The van der Waals surface area contributed by atoms with E-state index in [2.05, 4.69) is 10.6 Å². The van der Waals surface area contributed by atoms with Crippen molar-refractivity contribution in [1.29, 1.82) is 0 Å². The van der Waals surface area contributed by atoms with Gasteiger partial charge in [-0.3, -0.25) is 9.59 Å². The Morgan fingerprint density at radius 2 is 1.75 bits per heavy atom. The van der Waals surface area contributed by atoms with E-state index in [1.54, 1.807) is 12.1 Å². The molecule has 1 saturated heterocycles. The fourth-order valence-electron chi connectivity index (χ4n) is 5.31. The minimum absolute atomic E-state index is 0.0292. The number of nitrogens with zero attached hydrogens (tertiary/aromatic N) is 2. The summed E-state index contributed by atoms with van der Waals surface area (Å²) in [5.41, 5.74) is 1.93. The molecule has 0 aliphatic carbocycles. The van der Waals surface area contributed by atoms with Crippen LogP contribution < -0.4 is 16.2 Å². The van der Waals surface area contributed by atoms with Crippen LogP contribution in [-0.4, -0.2) is 43.5 Å². The fraction of sp³-hybridized carbons (Fsp3) is 0.346. The summed E-state index contributed by atoms with van der Waals surface area (Å²) in [6, 6.07) is 19.1. The highest BCUT2D eigenvalue weighted by Crippen LogP contribution is 2.35. The zero-order chi connectivity index (χ0) is 25.4. The van der Waals surface area contributed by atoms with Gasteiger partial charge in [-0.2, -0.15) is 0 Å². The van der Waals surface area contributed by atoms with Crippen molar-refractivity contribution in [3.8, 4) is 0 Å². The minimum atomic E-state index is -1.83. The highest BCUT2D eigenvalue weighted by atomic mass is 35.6. The molecule has 0 radical (unpaired) electrons. The molecular formula is C26H25Cl3N4O2S. The summed E-state index contributed by atoms with van der Waals surface area (Å²) in [5, 5.41) is 8.33. The van der Waals surface area contributed by atoms with Gasteiger partial charge < -0.3 is 20.1 Å². The molecule has 1 amide bonds. The Kier molecular flexibility index (Phi) is 7.18. The van der Waals surface area contributed by atoms with Gasteiger partial charge in [0.15, 0.2) is 5.11 Å². The Labute approximate surface area is 229 Å². The summed E-state index contributed by atoms with van der Waals surface area (Å²) >= 11 is 24.4. The van der Waals surface area contributed by atoms with Crippen molar-refractivity contribution in [1.82, 2.24) is 20.1 Å². The number of benzene rings is 2. The third-order valence-electron chi connectivity index (χ3n) is 6.90. The van der Waals surface area contributed by atoms with Crippen LogP contribution in [0.4, 0.5) is 0 Å². The van der Waals surface area contributed by atoms with E-state index in [0.717, 1.165) is 28.5 Å². The number of hydrogen-bond donors (Lipinski definition) is 2. The highest BCUT2D eigenvalue weighted by Gasteiger charge is 2.38. The summed E-state index contributed by atoms with van der Waals surface area (Å²) in [7, 11) is 0. The number of thiocarbonyl (C=S) groups is 1.